The summed E-state index contributed by atoms with van der Waals surface area (Å²) in [5.41, 5.74) is 7.19. The number of allylic oxidation sites excluding steroid dienone is 5. The van der Waals surface area contributed by atoms with Gasteiger partial charge in [-0.2, -0.15) is 0 Å². The summed E-state index contributed by atoms with van der Waals surface area (Å²) in [6.07, 6.45) is 12.2. The zero-order valence-corrected chi connectivity index (χ0v) is 16.3. The fourth-order valence-corrected chi connectivity index (χ4v) is 3.27. The van der Waals surface area contributed by atoms with Gasteiger partial charge >= 0.3 is 6.03 Å². The summed E-state index contributed by atoms with van der Waals surface area (Å²) in [5, 5.41) is 13.0. The predicted molar refractivity (Wildman–Crippen MR) is 113 cm³/mol. The van der Waals surface area contributed by atoms with Crippen LogP contribution >= 0.6 is 0 Å². The summed E-state index contributed by atoms with van der Waals surface area (Å²) in [4.78, 5) is 17.0. The normalized spacial score (nSPS) is 14.6. The third-order valence-electron chi connectivity index (χ3n) is 4.78. The second kappa shape index (κ2) is 8.63. The minimum atomic E-state index is -0.311. The first-order valence-electron chi connectivity index (χ1n) is 9.75. The predicted octanol–water partition coefficient (Wildman–Crippen LogP) is 3.76. The maximum absolute atomic E-state index is 12.4. The van der Waals surface area contributed by atoms with E-state index in [1.807, 2.05) is 30.4 Å². The van der Waals surface area contributed by atoms with Gasteiger partial charge < -0.3 is 20.5 Å². The van der Waals surface area contributed by atoms with Crippen LogP contribution in [-0.2, 0) is 12.8 Å². The molecule has 0 fully saturated rings. The van der Waals surface area contributed by atoms with Gasteiger partial charge in [-0.25, -0.2) is 9.78 Å². The molecule has 3 N–H and O–H groups in total. The van der Waals surface area contributed by atoms with Crippen molar-refractivity contribution in [3.63, 3.8) is 0 Å². The number of urea groups is 1. The number of carbonyl (C=O) groups excluding carboxylic acids is 1. The van der Waals surface area contributed by atoms with E-state index in [-0.39, 0.29) is 6.03 Å². The number of nitrogens with zero attached hydrogens (tertiary/aromatic N) is 2. The topological polar surface area (TPSA) is 92.1 Å². The fraction of sp³-hybridized carbons (Fsp3) is 0.273. The first-order valence-corrected chi connectivity index (χ1v) is 9.75. The van der Waals surface area contributed by atoms with Crippen LogP contribution in [0.1, 0.15) is 29.1 Å². The fourth-order valence-electron chi connectivity index (χ4n) is 3.27. The minimum absolute atomic E-state index is 0.311. The molecule has 0 radical (unpaired) electrons. The number of hydrogen-bond acceptors (Lipinski definition) is 5. The van der Waals surface area contributed by atoms with Crippen LogP contribution in [-0.4, -0.2) is 29.3 Å². The Balaban J connectivity index is 1.36. The second-order valence-corrected chi connectivity index (χ2v) is 6.91. The average molecular weight is 389 g/mol. The van der Waals surface area contributed by atoms with Crippen molar-refractivity contribution in [2.45, 2.75) is 26.2 Å². The molecule has 4 rings (SSSR count). The van der Waals surface area contributed by atoms with Gasteiger partial charge in [-0.15, -0.1) is 5.73 Å². The van der Waals surface area contributed by atoms with Crippen LogP contribution in [0.25, 0.3) is 5.57 Å². The Morgan fingerprint density at radius 3 is 3.17 bits per heavy atom. The number of aryl methyl sites for hydroxylation is 2. The second-order valence-electron chi connectivity index (χ2n) is 6.91. The summed E-state index contributed by atoms with van der Waals surface area (Å²) in [6.45, 7) is 3.22. The largest absolute Gasteiger partial charge is 0.370 e. The molecule has 0 saturated carbocycles. The van der Waals surface area contributed by atoms with Crippen LogP contribution < -0.4 is 16.0 Å². The van der Waals surface area contributed by atoms with Crippen molar-refractivity contribution in [2.24, 2.45) is 0 Å². The quantitative estimate of drug-likeness (QED) is 0.677. The van der Waals surface area contributed by atoms with Gasteiger partial charge in [-0.05, 0) is 43.5 Å². The molecule has 0 bridgehead atoms. The van der Waals surface area contributed by atoms with Crippen molar-refractivity contribution in [3.8, 4) is 0 Å². The first-order chi connectivity index (χ1) is 14.2. The van der Waals surface area contributed by atoms with Crippen LogP contribution in [0.4, 0.5) is 16.3 Å². The SMILES string of the molecule is Cc1noc(C2=C=CC=CC=C2)c1NC(=O)NCCc1ccc2c(n1)NCCC2. The molecule has 29 heavy (non-hydrogen) atoms. The molecule has 0 spiro atoms. The summed E-state index contributed by atoms with van der Waals surface area (Å²) in [6, 6.07) is 3.83. The Hall–Kier alpha value is -3.57. The Bertz CT molecular complexity index is 1040. The molecule has 2 amide bonds. The van der Waals surface area contributed by atoms with Crippen LogP contribution in [0.5, 0.6) is 0 Å². The monoisotopic (exact) mass is 389 g/mol. The van der Waals surface area contributed by atoms with E-state index in [0.29, 0.717) is 30.1 Å². The molecule has 2 aromatic heterocycles. The zero-order valence-electron chi connectivity index (χ0n) is 16.3. The van der Waals surface area contributed by atoms with E-state index in [9.17, 15) is 4.79 Å². The first kappa shape index (κ1) is 18.8. The van der Waals surface area contributed by atoms with Crippen LogP contribution in [0.2, 0.25) is 0 Å². The minimum Gasteiger partial charge on any atom is -0.370 e. The molecule has 1 aliphatic heterocycles. The summed E-state index contributed by atoms with van der Waals surface area (Å²) < 4.78 is 5.41. The summed E-state index contributed by atoms with van der Waals surface area (Å²) in [5.74, 6) is 1.45. The van der Waals surface area contributed by atoms with Gasteiger partial charge in [0.15, 0.2) is 5.76 Å². The number of rotatable bonds is 5. The molecule has 0 atom stereocenters. The smallest absolute Gasteiger partial charge is 0.319 e. The van der Waals surface area contributed by atoms with Gasteiger partial charge in [0.05, 0.1) is 5.57 Å². The van der Waals surface area contributed by atoms with E-state index in [2.05, 4.69) is 37.9 Å². The molecule has 148 valence electrons. The van der Waals surface area contributed by atoms with Crippen LogP contribution in [0, 0.1) is 6.92 Å². The number of nitrogens with one attached hydrogen (secondary N) is 3. The maximum atomic E-state index is 12.4. The summed E-state index contributed by atoms with van der Waals surface area (Å²) in [7, 11) is 0. The standard InChI is InChI=1S/C22H23N5O2/c1-15-19(20(29-27-15)16-7-4-2-3-5-8-16)26-22(28)24-14-12-18-11-10-17-9-6-13-23-21(17)25-18/h2-5,7,10-11H,6,9,12-14H2,1H3,(H,23,25)(H2,24,26,28). The highest BCUT2D eigenvalue weighted by Gasteiger charge is 2.18. The molecular formula is C22H23N5O2. The zero-order chi connectivity index (χ0) is 20.1. The van der Waals surface area contributed by atoms with Gasteiger partial charge in [0.2, 0.25) is 0 Å². The summed E-state index contributed by atoms with van der Waals surface area (Å²) >= 11 is 0. The van der Waals surface area contributed by atoms with Gasteiger partial charge in [-0.1, -0.05) is 29.5 Å². The molecular weight excluding hydrogens is 366 g/mol. The van der Waals surface area contributed by atoms with E-state index in [1.165, 1.54) is 5.56 Å². The molecule has 0 unspecified atom stereocenters. The number of hydrogen-bond donors (Lipinski definition) is 3. The van der Waals surface area contributed by atoms with Crippen LogP contribution in [0.15, 0.2) is 52.8 Å². The third-order valence-corrected chi connectivity index (χ3v) is 4.78. The van der Waals surface area contributed by atoms with Gasteiger partial charge in [-0.3, -0.25) is 0 Å². The van der Waals surface area contributed by atoms with Crippen molar-refractivity contribution in [2.75, 3.05) is 23.7 Å². The van der Waals surface area contributed by atoms with Gasteiger partial charge in [0, 0.05) is 25.2 Å². The molecule has 0 saturated heterocycles. The number of carbonyl (C=O) groups is 1. The lowest BCUT2D eigenvalue weighted by molar-refractivity contribution is 0.252. The Morgan fingerprint density at radius 1 is 1.31 bits per heavy atom. The molecule has 7 nitrogen and oxygen atoms in total. The molecule has 2 aliphatic rings. The highest BCUT2D eigenvalue weighted by molar-refractivity contribution is 5.93. The van der Waals surface area contributed by atoms with Crippen molar-refractivity contribution in [3.05, 3.63) is 71.0 Å². The highest BCUT2D eigenvalue weighted by Crippen LogP contribution is 2.28. The number of amides is 2. The molecule has 3 heterocycles. The molecule has 0 aromatic carbocycles. The molecule has 1 aliphatic carbocycles. The van der Waals surface area contributed by atoms with Crippen molar-refractivity contribution < 1.29 is 9.32 Å². The lowest BCUT2D eigenvalue weighted by Crippen LogP contribution is -2.31. The number of pyridine rings is 1. The third kappa shape index (κ3) is 4.47. The highest BCUT2D eigenvalue weighted by atomic mass is 16.5. The molecule has 2 aromatic rings. The Labute approximate surface area is 169 Å². The van der Waals surface area contributed by atoms with Gasteiger partial charge in [0.1, 0.15) is 17.2 Å². The lowest BCUT2D eigenvalue weighted by Gasteiger charge is -2.17. The van der Waals surface area contributed by atoms with Crippen molar-refractivity contribution >= 4 is 23.1 Å². The number of fused-ring (bicyclic) bond motifs is 1. The number of aromatic nitrogens is 2. The maximum Gasteiger partial charge on any atom is 0.319 e. The van der Waals surface area contributed by atoms with Crippen LogP contribution in [0.3, 0.4) is 0 Å². The van der Waals surface area contributed by atoms with Crippen molar-refractivity contribution in [1.82, 2.24) is 15.5 Å². The van der Waals surface area contributed by atoms with E-state index in [0.717, 1.165) is 36.5 Å². The lowest BCUT2D eigenvalue weighted by atomic mass is 10.1. The van der Waals surface area contributed by atoms with E-state index >= 15 is 0 Å². The Morgan fingerprint density at radius 2 is 2.24 bits per heavy atom. The van der Waals surface area contributed by atoms with E-state index in [4.69, 9.17) is 4.52 Å². The van der Waals surface area contributed by atoms with Crippen molar-refractivity contribution in [1.29, 1.82) is 0 Å². The Kier molecular flexibility index (Phi) is 5.59. The molecule has 7 heteroatoms. The van der Waals surface area contributed by atoms with Gasteiger partial charge in [0.25, 0.3) is 0 Å². The van der Waals surface area contributed by atoms with E-state index in [1.54, 1.807) is 13.0 Å². The van der Waals surface area contributed by atoms with E-state index < -0.39 is 0 Å². The average Bonchev–Trinajstić information content (AvgIpc) is 2.93. The number of anilines is 2.